The largest absolute Gasteiger partial charge is 0.493 e. The molecular formula is C22H20ClN5O3. The van der Waals surface area contributed by atoms with E-state index < -0.39 is 5.56 Å². The molecule has 0 aliphatic rings. The van der Waals surface area contributed by atoms with Crippen LogP contribution in [0.5, 0.6) is 11.5 Å². The van der Waals surface area contributed by atoms with Crippen molar-refractivity contribution in [1.29, 1.82) is 5.26 Å². The average Bonchev–Trinajstić information content (AvgIpc) is 2.78. The Kier molecular flexibility index (Phi) is 7.25. The topological polar surface area (TPSA) is 112 Å². The van der Waals surface area contributed by atoms with Gasteiger partial charge in [-0.25, -0.2) is 10.4 Å². The molecule has 31 heavy (non-hydrogen) atoms. The lowest BCUT2D eigenvalue weighted by atomic mass is 10.1. The van der Waals surface area contributed by atoms with E-state index in [4.69, 9.17) is 21.1 Å². The molecule has 9 heteroatoms. The maximum absolute atomic E-state index is 12.3. The van der Waals surface area contributed by atoms with Gasteiger partial charge in [0.2, 0.25) is 5.95 Å². The summed E-state index contributed by atoms with van der Waals surface area (Å²) in [6.07, 6.45) is 2.34. The number of nitrogens with one attached hydrogen (secondary N) is 2. The third-order valence-corrected chi connectivity index (χ3v) is 4.45. The Morgan fingerprint density at radius 3 is 2.77 bits per heavy atom. The highest BCUT2D eigenvalue weighted by Gasteiger charge is 2.13. The molecule has 8 nitrogen and oxygen atoms in total. The molecule has 1 heterocycles. The van der Waals surface area contributed by atoms with Crippen LogP contribution in [0, 0.1) is 11.3 Å². The fourth-order valence-electron chi connectivity index (χ4n) is 2.76. The third-order valence-electron chi connectivity index (χ3n) is 4.16. The molecule has 2 N–H and O–H groups in total. The van der Waals surface area contributed by atoms with Gasteiger partial charge in [0.1, 0.15) is 11.6 Å². The summed E-state index contributed by atoms with van der Waals surface area (Å²) in [7, 11) is 1.53. The number of nitrogens with zero attached hydrogens (tertiary/aromatic N) is 3. The Bertz CT molecular complexity index is 1190. The number of ether oxygens (including phenoxy) is 2. The summed E-state index contributed by atoms with van der Waals surface area (Å²) in [6, 6.07) is 14.3. The fraction of sp³-hybridized carbons (Fsp3) is 0.182. The fourth-order valence-corrected chi connectivity index (χ4v) is 3.03. The van der Waals surface area contributed by atoms with Gasteiger partial charge in [0, 0.05) is 5.56 Å². The van der Waals surface area contributed by atoms with Crippen LogP contribution >= 0.6 is 11.6 Å². The van der Waals surface area contributed by atoms with E-state index in [1.54, 1.807) is 36.4 Å². The lowest BCUT2D eigenvalue weighted by molar-refractivity contribution is 0.294. The Morgan fingerprint density at radius 1 is 1.32 bits per heavy atom. The van der Waals surface area contributed by atoms with Crippen molar-refractivity contribution in [3.05, 3.63) is 69.0 Å². The molecule has 158 valence electrons. The maximum Gasteiger partial charge on any atom is 0.270 e. The van der Waals surface area contributed by atoms with Gasteiger partial charge in [-0.2, -0.15) is 10.4 Å². The van der Waals surface area contributed by atoms with Gasteiger partial charge in [0.15, 0.2) is 11.5 Å². The Morgan fingerprint density at radius 2 is 2.10 bits per heavy atom. The zero-order chi connectivity index (χ0) is 22.2. The van der Waals surface area contributed by atoms with E-state index in [9.17, 15) is 10.1 Å². The van der Waals surface area contributed by atoms with E-state index in [0.29, 0.717) is 34.3 Å². The molecule has 0 unspecified atom stereocenters. The summed E-state index contributed by atoms with van der Waals surface area (Å²) in [5.74, 6) is 1.06. The SMILES string of the molecule is CCCOc1c(Cl)cc(C=NNc2nc(-c3ccccc3)c(C#N)c(=O)[nH]2)cc1OC. The summed E-state index contributed by atoms with van der Waals surface area (Å²) in [4.78, 5) is 19.1. The summed E-state index contributed by atoms with van der Waals surface area (Å²) in [5.41, 5.74) is 3.62. The molecule has 0 spiro atoms. The smallest absolute Gasteiger partial charge is 0.270 e. The van der Waals surface area contributed by atoms with E-state index in [0.717, 1.165) is 6.42 Å². The minimum Gasteiger partial charge on any atom is -0.493 e. The minimum absolute atomic E-state index is 0.0695. The van der Waals surface area contributed by atoms with Gasteiger partial charge in [0.25, 0.3) is 5.56 Å². The highest BCUT2D eigenvalue weighted by molar-refractivity contribution is 6.32. The standard InChI is InChI=1S/C22H20ClN5O3/c1-3-9-31-20-17(23)10-14(11-18(20)30-2)13-25-28-22-26-19(15-7-5-4-6-8-15)16(12-24)21(29)27-22/h4-8,10-11,13H,3,9H2,1-2H3,(H2,26,27,28,29). The number of hydrogen-bond donors (Lipinski definition) is 2. The van der Waals surface area contributed by atoms with Crippen molar-refractivity contribution in [3.8, 4) is 28.8 Å². The van der Waals surface area contributed by atoms with Gasteiger partial charge in [0.05, 0.1) is 30.6 Å². The van der Waals surface area contributed by atoms with Crippen LogP contribution in [-0.2, 0) is 0 Å². The first kappa shape index (κ1) is 21.9. The number of methoxy groups -OCH3 is 1. The predicted molar refractivity (Wildman–Crippen MR) is 120 cm³/mol. The average molecular weight is 438 g/mol. The van der Waals surface area contributed by atoms with Gasteiger partial charge < -0.3 is 9.47 Å². The summed E-state index contributed by atoms with van der Waals surface area (Å²) < 4.78 is 11.0. The van der Waals surface area contributed by atoms with Crippen molar-refractivity contribution in [2.24, 2.45) is 5.10 Å². The highest BCUT2D eigenvalue weighted by atomic mass is 35.5. The molecule has 0 atom stereocenters. The zero-order valence-corrected chi connectivity index (χ0v) is 17.7. The second kappa shape index (κ2) is 10.3. The van der Waals surface area contributed by atoms with Crippen LogP contribution in [0.4, 0.5) is 5.95 Å². The first-order valence-corrected chi connectivity index (χ1v) is 9.84. The number of benzene rings is 2. The van der Waals surface area contributed by atoms with Gasteiger partial charge in [-0.1, -0.05) is 48.9 Å². The Labute approximate surface area is 184 Å². The van der Waals surface area contributed by atoms with E-state index >= 15 is 0 Å². The monoisotopic (exact) mass is 437 g/mol. The van der Waals surface area contributed by atoms with Crippen molar-refractivity contribution >= 4 is 23.8 Å². The van der Waals surface area contributed by atoms with Crippen LogP contribution < -0.4 is 20.5 Å². The van der Waals surface area contributed by atoms with Crippen LogP contribution in [0.2, 0.25) is 5.02 Å². The third kappa shape index (κ3) is 5.21. The maximum atomic E-state index is 12.3. The van der Waals surface area contributed by atoms with Gasteiger partial charge in [-0.05, 0) is 24.1 Å². The van der Waals surface area contributed by atoms with Gasteiger partial charge >= 0.3 is 0 Å². The van der Waals surface area contributed by atoms with Crippen LogP contribution in [0.25, 0.3) is 11.3 Å². The molecule has 1 aromatic heterocycles. The second-order valence-corrected chi connectivity index (χ2v) is 6.78. The second-order valence-electron chi connectivity index (χ2n) is 6.37. The first-order valence-electron chi connectivity index (χ1n) is 9.46. The molecular weight excluding hydrogens is 418 g/mol. The zero-order valence-electron chi connectivity index (χ0n) is 17.0. The lowest BCUT2D eigenvalue weighted by Crippen LogP contribution is -2.16. The molecule has 0 saturated heterocycles. The molecule has 0 aliphatic carbocycles. The lowest BCUT2D eigenvalue weighted by Gasteiger charge is -2.12. The molecule has 3 aromatic rings. The summed E-state index contributed by atoms with van der Waals surface area (Å²) in [5, 5.41) is 13.8. The van der Waals surface area contributed by atoms with Crippen molar-refractivity contribution in [3.63, 3.8) is 0 Å². The quantitative estimate of drug-likeness (QED) is 0.403. The van der Waals surface area contributed by atoms with Crippen molar-refractivity contribution in [2.75, 3.05) is 19.1 Å². The highest BCUT2D eigenvalue weighted by Crippen LogP contribution is 2.36. The Balaban J connectivity index is 1.86. The van der Waals surface area contributed by atoms with Crippen LogP contribution in [-0.4, -0.2) is 29.9 Å². The van der Waals surface area contributed by atoms with E-state index in [1.165, 1.54) is 13.3 Å². The molecule has 0 amide bonds. The number of rotatable bonds is 8. The molecule has 0 aliphatic heterocycles. The molecule has 3 rings (SSSR count). The number of halogens is 1. The number of hydrazone groups is 1. The van der Waals surface area contributed by atoms with Gasteiger partial charge in [-0.3, -0.25) is 9.78 Å². The van der Waals surface area contributed by atoms with Crippen molar-refractivity contribution in [2.45, 2.75) is 13.3 Å². The van der Waals surface area contributed by atoms with E-state index in [2.05, 4.69) is 20.5 Å². The minimum atomic E-state index is -0.559. The van der Waals surface area contributed by atoms with Gasteiger partial charge in [-0.15, -0.1) is 0 Å². The van der Waals surface area contributed by atoms with E-state index in [1.807, 2.05) is 19.1 Å². The van der Waals surface area contributed by atoms with Crippen LogP contribution in [0.15, 0.2) is 52.4 Å². The number of nitriles is 1. The Hall–Kier alpha value is -3.83. The van der Waals surface area contributed by atoms with Crippen LogP contribution in [0.1, 0.15) is 24.5 Å². The molecule has 0 saturated carbocycles. The first-order chi connectivity index (χ1) is 15.1. The van der Waals surface area contributed by atoms with E-state index in [-0.39, 0.29) is 17.2 Å². The number of aromatic nitrogens is 2. The number of anilines is 1. The molecule has 0 fully saturated rings. The van der Waals surface area contributed by atoms with Crippen molar-refractivity contribution < 1.29 is 9.47 Å². The number of aromatic amines is 1. The summed E-state index contributed by atoms with van der Waals surface area (Å²) >= 11 is 6.31. The van der Waals surface area contributed by atoms with Crippen molar-refractivity contribution in [1.82, 2.24) is 9.97 Å². The van der Waals surface area contributed by atoms with Crippen LogP contribution in [0.3, 0.4) is 0 Å². The number of hydrogen-bond acceptors (Lipinski definition) is 7. The summed E-state index contributed by atoms with van der Waals surface area (Å²) in [6.45, 7) is 2.52. The number of H-pyrrole nitrogens is 1. The molecule has 0 radical (unpaired) electrons. The molecule has 0 bridgehead atoms. The molecule has 2 aromatic carbocycles. The normalized spacial score (nSPS) is 10.6. The predicted octanol–water partition coefficient (Wildman–Crippen LogP) is 4.21.